The number of nitrogens with one attached hydrogen (secondary N) is 1. The van der Waals surface area contributed by atoms with Gasteiger partial charge in [0, 0.05) is 19.2 Å². The van der Waals surface area contributed by atoms with Gasteiger partial charge in [0.15, 0.2) is 0 Å². The first kappa shape index (κ1) is 12.1. The molecule has 0 saturated heterocycles. The summed E-state index contributed by atoms with van der Waals surface area (Å²) in [4.78, 5) is 10.8. The van der Waals surface area contributed by atoms with Gasteiger partial charge in [-0.1, -0.05) is 6.08 Å². The first-order valence-electron chi connectivity index (χ1n) is 4.46. The molecule has 0 aromatic carbocycles. The molecule has 0 aliphatic rings. The number of esters is 1. The molecule has 0 saturated carbocycles. The number of ether oxygens (including phenoxy) is 1. The van der Waals surface area contributed by atoms with Crippen LogP contribution in [0.2, 0.25) is 0 Å². The number of aliphatic hydroxyl groups excluding tert-OH is 1. The Morgan fingerprint density at radius 2 is 2.38 bits per heavy atom. The smallest absolute Gasteiger partial charge is 0.330 e. The lowest BCUT2D eigenvalue weighted by molar-refractivity contribution is -0.137. The van der Waals surface area contributed by atoms with E-state index >= 15 is 0 Å². The average molecular weight is 187 g/mol. The number of carbonyl (C=O) groups excluding carboxylic acids is 1. The molecule has 13 heavy (non-hydrogen) atoms. The number of rotatable bonds is 7. The zero-order chi connectivity index (χ0) is 9.94. The van der Waals surface area contributed by atoms with Gasteiger partial charge in [0.25, 0.3) is 0 Å². The van der Waals surface area contributed by atoms with Crippen molar-refractivity contribution in [1.29, 1.82) is 0 Å². The molecule has 0 radical (unpaired) electrons. The first-order valence-corrected chi connectivity index (χ1v) is 4.46. The predicted molar refractivity (Wildman–Crippen MR) is 50.3 cm³/mol. The van der Waals surface area contributed by atoms with E-state index in [1.165, 1.54) is 6.08 Å². The van der Waals surface area contributed by atoms with Gasteiger partial charge in [-0.2, -0.15) is 0 Å². The zero-order valence-electron chi connectivity index (χ0n) is 7.95. The molecule has 0 aromatic heterocycles. The number of carbonyl (C=O) groups is 1. The summed E-state index contributed by atoms with van der Waals surface area (Å²) in [5.41, 5.74) is 0. The van der Waals surface area contributed by atoms with Crippen LogP contribution in [-0.2, 0) is 9.53 Å². The molecule has 0 rings (SSSR count). The van der Waals surface area contributed by atoms with Gasteiger partial charge in [-0.05, 0) is 19.9 Å². The molecule has 0 amide bonds. The van der Waals surface area contributed by atoms with Crippen LogP contribution >= 0.6 is 0 Å². The fraction of sp³-hybridized carbons (Fsp3) is 0.667. The highest BCUT2D eigenvalue weighted by molar-refractivity contribution is 5.81. The minimum Gasteiger partial charge on any atom is -0.463 e. The number of aliphatic hydroxyl groups is 1. The fourth-order valence-corrected chi connectivity index (χ4v) is 0.735. The second-order valence-corrected chi connectivity index (χ2v) is 2.44. The number of hydrogen-bond donors (Lipinski definition) is 2. The monoisotopic (exact) mass is 187 g/mol. The van der Waals surface area contributed by atoms with Crippen molar-refractivity contribution < 1.29 is 14.6 Å². The van der Waals surface area contributed by atoms with Gasteiger partial charge in [-0.15, -0.1) is 0 Å². The van der Waals surface area contributed by atoms with Crippen LogP contribution in [-0.4, -0.2) is 37.4 Å². The molecule has 0 aliphatic heterocycles. The Hall–Kier alpha value is -0.870. The highest BCUT2D eigenvalue weighted by atomic mass is 16.5. The summed E-state index contributed by atoms with van der Waals surface area (Å²) in [5, 5.41) is 11.5. The Balaban J connectivity index is 3.25. The van der Waals surface area contributed by atoms with Crippen molar-refractivity contribution in [1.82, 2.24) is 5.32 Å². The second-order valence-electron chi connectivity index (χ2n) is 2.44. The Bertz CT molecular complexity index is 157. The van der Waals surface area contributed by atoms with Crippen molar-refractivity contribution in [2.24, 2.45) is 0 Å². The molecule has 0 aliphatic carbocycles. The number of hydrogen-bond acceptors (Lipinski definition) is 4. The van der Waals surface area contributed by atoms with E-state index in [9.17, 15) is 4.79 Å². The Labute approximate surface area is 78.6 Å². The van der Waals surface area contributed by atoms with Crippen LogP contribution in [0.15, 0.2) is 12.2 Å². The third kappa shape index (κ3) is 9.04. The van der Waals surface area contributed by atoms with E-state index in [0.717, 1.165) is 13.0 Å². The largest absolute Gasteiger partial charge is 0.463 e. The summed E-state index contributed by atoms with van der Waals surface area (Å²) < 4.78 is 4.68. The van der Waals surface area contributed by atoms with Crippen LogP contribution in [0.1, 0.15) is 13.3 Å². The van der Waals surface area contributed by atoms with Crippen molar-refractivity contribution in [2.45, 2.75) is 13.3 Å². The minimum atomic E-state index is -0.313. The highest BCUT2D eigenvalue weighted by Crippen LogP contribution is 1.80. The Morgan fingerprint density at radius 3 is 3.00 bits per heavy atom. The molecule has 0 heterocycles. The summed E-state index contributed by atoms with van der Waals surface area (Å²) >= 11 is 0. The van der Waals surface area contributed by atoms with Gasteiger partial charge in [0.05, 0.1) is 6.61 Å². The molecule has 0 atom stereocenters. The van der Waals surface area contributed by atoms with Gasteiger partial charge in [0.2, 0.25) is 0 Å². The molecule has 76 valence electrons. The normalized spacial score (nSPS) is 10.6. The SMILES string of the molecule is CCOC(=O)/C=C/CNCCCO. The van der Waals surface area contributed by atoms with Gasteiger partial charge < -0.3 is 15.2 Å². The van der Waals surface area contributed by atoms with E-state index in [4.69, 9.17) is 5.11 Å². The van der Waals surface area contributed by atoms with Crippen LogP contribution in [0, 0.1) is 0 Å². The summed E-state index contributed by atoms with van der Waals surface area (Å²) in [6.07, 6.45) is 3.83. The van der Waals surface area contributed by atoms with Gasteiger partial charge in [-0.3, -0.25) is 0 Å². The summed E-state index contributed by atoms with van der Waals surface area (Å²) in [7, 11) is 0. The van der Waals surface area contributed by atoms with E-state index < -0.39 is 0 Å². The molecule has 2 N–H and O–H groups in total. The Kier molecular flexibility index (Phi) is 8.60. The van der Waals surface area contributed by atoms with Crippen molar-refractivity contribution >= 4 is 5.97 Å². The molecular weight excluding hydrogens is 170 g/mol. The van der Waals surface area contributed by atoms with Crippen molar-refractivity contribution in [3.63, 3.8) is 0 Å². The molecule has 4 nitrogen and oxygen atoms in total. The van der Waals surface area contributed by atoms with Gasteiger partial charge >= 0.3 is 5.97 Å². The lowest BCUT2D eigenvalue weighted by atomic mass is 10.4. The molecule has 0 unspecified atom stereocenters. The molecule has 0 fully saturated rings. The lowest BCUT2D eigenvalue weighted by Gasteiger charge is -1.98. The maximum Gasteiger partial charge on any atom is 0.330 e. The molecule has 0 spiro atoms. The van der Waals surface area contributed by atoms with E-state index in [0.29, 0.717) is 13.2 Å². The average Bonchev–Trinajstić information content (AvgIpc) is 2.11. The summed E-state index contributed by atoms with van der Waals surface area (Å²) in [6.45, 7) is 3.74. The third-order valence-corrected chi connectivity index (χ3v) is 1.31. The standard InChI is InChI=1S/C9H17NO3/c1-2-13-9(12)5-3-6-10-7-4-8-11/h3,5,10-11H,2,4,6-8H2,1H3/b5-3+. The first-order chi connectivity index (χ1) is 6.31. The minimum absolute atomic E-state index is 0.189. The molecule has 0 bridgehead atoms. The van der Waals surface area contributed by atoms with Crippen LogP contribution in [0.3, 0.4) is 0 Å². The van der Waals surface area contributed by atoms with E-state index in [1.807, 2.05) is 0 Å². The van der Waals surface area contributed by atoms with Crippen molar-refractivity contribution in [3.05, 3.63) is 12.2 Å². The van der Waals surface area contributed by atoms with E-state index in [-0.39, 0.29) is 12.6 Å². The maximum absolute atomic E-state index is 10.8. The zero-order valence-corrected chi connectivity index (χ0v) is 7.95. The topological polar surface area (TPSA) is 58.6 Å². The molecule has 4 heteroatoms. The Morgan fingerprint density at radius 1 is 1.62 bits per heavy atom. The second kappa shape index (κ2) is 9.22. The summed E-state index contributed by atoms with van der Waals surface area (Å²) in [6, 6.07) is 0. The van der Waals surface area contributed by atoms with Gasteiger partial charge in [-0.25, -0.2) is 4.79 Å². The van der Waals surface area contributed by atoms with Crippen LogP contribution in [0.25, 0.3) is 0 Å². The lowest BCUT2D eigenvalue weighted by Crippen LogP contribution is -2.16. The maximum atomic E-state index is 10.8. The summed E-state index contributed by atoms with van der Waals surface area (Å²) in [5.74, 6) is -0.313. The van der Waals surface area contributed by atoms with Gasteiger partial charge in [0.1, 0.15) is 0 Å². The van der Waals surface area contributed by atoms with E-state index in [1.54, 1.807) is 13.0 Å². The van der Waals surface area contributed by atoms with E-state index in [2.05, 4.69) is 10.1 Å². The third-order valence-electron chi connectivity index (χ3n) is 1.31. The van der Waals surface area contributed by atoms with Crippen LogP contribution in [0.4, 0.5) is 0 Å². The van der Waals surface area contributed by atoms with Crippen LogP contribution in [0.5, 0.6) is 0 Å². The van der Waals surface area contributed by atoms with Crippen molar-refractivity contribution in [3.8, 4) is 0 Å². The van der Waals surface area contributed by atoms with Crippen LogP contribution < -0.4 is 5.32 Å². The molecule has 0 aromatic rings. The molecular formula is C9H17NO3. The fourth-order valence-electron chi connectivity index (χ4n) is 0.735. The predicted octanol–water partition coefficient (Wildman–Crippen LogP) is 0.0777. The van der Waals surface area contributed by atoms with Crippen molar-refractivity contribution in [2.75, 3.05) is 26.3 Å². The quantitative estimate of drug-likeness (QED) is 0.336. The highest BCUT2D eigenvalue weighted by Gasteiger charge is 1.91.